The minimum absolute atomic E-state index is 0.171. The number of benzene rings is 1. The summed E-state index contributed by atoms with van der Waals surface area (Å²) in [5, 5.41) is 10.9. The number of amides is 1. The zero-order chi connectivity index (χ0) is 32.4. The Labute approximate surface area is 270 Å². The van der Waals surface area contributed by atoms with E-state index in [2.05, 4.69) is 15.6 Å². The molecule has 0 saturated carbocycles. The molecule has 45 heavy (non-hydrogen) atoms. The number of unbranched alkanes of at least 4 members (excludes halogenated alkanes) is 16. The van der Waals surface area contributed by atoms with Gasteiger partial charge < -0.3 is 14.9 Å². The maximum Gasteiger partial charge on any atom is 0.335 e. The van der Waals surface area contributed by atoms with Gasteiger partial charge >= 0.3 is 5.97 Å². The van der Waals surface area contributed by atoms with Crippen molar-refractivity contribution in [2.75, 3.05) is 6.54 Å². The Bertz CT molecular complexity index is 1120. The molecule has 1 aromatic carbocycles. The first kappa shape index (κ1) is 38.1. The number of ketones is 2. The lowest BCUT2D eigenvalue weighted by Crippen LogP contribution is -2.23. The van der Waals surface area contributed by atoms with Crippen molar-refractivity contribution in [2.24, 2.45) is 0 Å². The maximum absolute atomic E-state index is 12.2. The number of hydrogen-bond donors (Lipinski definition) is 1. The van der Waals surface area contributed by atoms with Crippen molar-refractivity contribution < 1.29 is 24.0 Å². The zero-order valence-corrected chi connectivity index (χ0v) is 27.9. The molecule has 0 unspecified atom stereocenters. The summed E-state index contributed by atoms with van der Waals surface area (Å²) < 4.78 is 0. The van der Waals surface area contributed by atoms with Crippen LogP contribution in [0.15, 0.2) is 24.3 Å². The van der Waals surface area contributed by atoms with Crippen molar-refractivity contribution >= 4 is 34.5 Å². The molecule has 1 N–H and O–H groups in total. The molecule has 1 amide bonds. The lowest BCUT2D eigenvalue weighted by molar-refractivity contribution is -0.145. The summed E-state index contributed by atoms with van der Waals surface area (Å²) in [4.78, 5) is 53.6. The third kappa shape index (κ3) is 19.8. The Hall–Kier alpha value is -3.10. The fourth-order valence-corrected chi connectivity index (χ4v) is 5.49. The highest BCUT2D eigenvalue weighted by molar-refractivity contribution is 5.78. The van der Waals surface area contributed by atoms with Crippen molar-refractivity contribution in [1.82, 2.24) is 20.5 Å². The van der Waals surface area contributed by atoms with Gasteiger partial charge in [0.25, 0.3) is 0 Å². The molecule has 1 aromatic heterocycles. The van der Waals surface area contributed by atoms with Crippen LogP contribution in [0.2, 0.25) is 0 Å². The van der Waals surface area contributed by atoms with Gasteiger partial charge in [-0.3, -0.25) is 9.59 Å². The third-order valence-electron chi connectivity index (χ3n) is 8.23. The summed E-state index contributed by atoms with van der Waals surface area (Å²) in [6, 6.07) is 7.36. The molecule has 0 aliphatic carbocycles. The molecule has 0 bridgehead atoms. The lowest BCUT2D eigenvalue weighted by atomic mass is 10.0. The van der Waals surface area contributed by atoms with E-state index in [9.17, 15) is 19.2 Å². The third-order valence-corrected chi connectivity index (χ3v) is 8.23. The smallest absolute Gasteiger partial charge is 0.335 e. The number of Topliss-reactive ketones (excluding diaryl/α,β-unsaturated/α-hetero) is 2. The minimum Gasteiger partial charge on any atom is -0.356 e. The zero-order valence-electron chi connectivity index (χ0n) is 27.9. The second kappa shape index (κ2) is 25.1. The largest absolute Gasteiger partial charge is 0.356 e. The highest BCUT2D eigenvalue weighted by Crippen LogP contribution is 2.14. The van der Waals surface area contributed by atoms with Crippen molar-refractivity contribution in [3.05, 3.63) is 24.3 Å². The first-order chi connectivity index (χ1) is 22.0. The summed E-state index contributed by atoms with van der Waals surface area (Å²) in [6.07, 6.45) is 23.3. The van der Waals surface area contributed by atoms with E-state index >= 15 is 0 Å². The number of nitrogens with one attached hydrogen (secondary N) is 1. The summed E-state index contributed by atoms with van der Waals surface area (Å²) in [5.41, 5.74) is 1.37. The molecule has 0 saturated heterocycles. The number of nitrogens with zero attached hydrogens (tertiary/aromatic N) is 3. The van der Waals surface area contributed by atoms with Crippen LogP contribution in [0, 0.1) is 0 Å². The van der Waals surface area contributed by atoms with Crippen LogP contribution in [0.4, 0.5) is 0 Å². The van der Waals surface area contributed by atoms with E-state index in [0.29, 0.717) is 48.9 Å². The van der Waals surface area contributed by atoms with E-state index in [-0.39, 0.29) is 17.7 Å². The van der Waals surface area contributed by atoms with Crippen LogP contribution in [0.25, 0.3) is 11.0 Å². The lowest BCUT2D eigenvalue weighted by Gasteiger charge is -2.06. The highest BCUT2D eigenvalue weighted by Gasteiger charge is 2.10. The van der Waals surface area contributed by atoms with Crippen LogP contribution in [0.3, 0.4) is 0 Å². The monoisotopic (exact) mass is 626 g/mol. The summed E-state index contributed by atoms with van der Waals surface area (Å²) >= 11 is 0. The maximum atomic E-state index is 12.2. The molecule has 2 aromatic rings. The number of fused-ring (bicyclic) bond motifs is 1. The Morgan fingerprint density at radius 2 is 1.11 bits per heavy atom. The van der Waals surface area contributed by atoms with Crippen molar-refractivity contribution in [1.29, 1.82) is 0 Å². The minimum atomic E-state index is -0.301. The van der Waals surface area contributed by atoms with Crippen LogP contribution < -0.4 is 10.2 Å². The molecule has 0 spiro atoms. The Morgan fingerprint density at radius 3 is 1.71 bits per heavy atom. The summed E-state index contributed by atoms with van der Waals surface area (Å²) in [6.45, 7) is 2.41. The van der Waals surface area contributed by atoms with E-state index in [1.807, 2.05) is 24.3 Å². The van der Waals surface area contributed by atoms with Gasteiger partial charge in [0, 0.05) is 38.6 Å². The Kier molecular flexibility index (Phi) is 21.3. The first-order valence-corrected chi connectivity index (χ1v) is 17.7. The topological polar surface area (TPSA) is 120 Å². The molecule has 0 fully saturated rings. The van der Waals surface area contributed by atoms with Gasteiger partial charge in [0.05, 0.1) is 0 Å². The Morgan fingerprint density at radius 1 is 0.622 bits per heavy atom. The van der Waals surface area contributed by atoms with Crippen LogP contribution in [-0.4, -0.2) is 45.1 Å². The molecule has 0 atom stereocenters. The van der Waals surface area contributed by atoms with E-state index in [1.165, 1.54) is 30.5 Å². The van der Waals surface area contributed by atoms with E-state index in [1.54, 1.807) is 6.92 Å². The van der Waals surface area contributed by atoms with Gasteiger partial charge in [0.2, 0.25) is 5.91 Å². The molecule has 0 radical (unpaired) electrons. The summed E-state index contributed by atoms with van der Waals surface area (Å²) in [5.74, 6) is 0.532. The average Bonchev–Trinajstić information content (AvgIpc) is 3.43. The average molecular weight is 627 g/mol. The molecule has 9 nitrogen and oxygen atoms in total. The fraction of sp³-hybridized carbons (Fsp3) is 0.722. The van der Waals surface area contributed by atoms with Crippen LogP contribution in [0.5, 0.6) is 0 Å². The predicted octanol–water partition coefficient (Wildman–Crippen LogP) is 8.02. The molecule has 2 rings (SSSR count). The molecule has 0 aliphatic heterocycles. The number of carbonyl (C=O) groups excluding carboxylic acids is 4. The quantitative estimate of drug-likeness (QED) is 0.0717. The van der Waals surface area contributed by atoms with E-state index < -0.39 is 0 Å². The molecule has 9 heteroatoms. The van der Waals surface area contributed by atoms with Crippen LogP contribution in [-0.2, 0) is 19.2 Å². The van der Waals surface area contributed by atoms with Crippen molar-refractivity contribution in [3.63, 3.8) is 0 Å². The predicted molar refractivity (Wildman–Crippen MR) is 179 cm³/mol. The second-order valence-electron chi connectivity index (χ2n) is 12.5. The highest BCUT2D eigenvalue weighted by atomic mass is 16.7. The molecule has 0 aliphatic rings. The molecular formula is C36H58N4O5. The molecule has 1 heterocycles. The SMILES string of the molecule is CC(=O)CCCCCCCNC(=O)CCCCCCCCCCC(=O)CCCCCCCCC(=O)On1nnc2ccccc21. The first-order valence-electron chi connectivity index (χ1n) is 17.7. The number of carbonyl (C=O) groups is 4. The fourth-order valence-electron chi connectivity index (χ4n) is 5.49. The molecule has 252 valence electrons. The van der Waals surface area contributed by atoms with Crippen molar-refractivity contribution in [3.8, 4) is 0 Å². The van der Waals surface area contributed by atoms with Gasteiger partial charge in [-0.1, -0.05) is 100 Å². The van der Waals surface area contributed by atoms with Gasteiger partial charge in [-0.05, 0) is 62.8 Å². The summed E-state index contributed by atoms with van der Waals surface area (Å²) in [7, 11) is 0. The van der Waals surface area contributed by atoms with E-state index in [4.69, 9.17) is 4.84 Å². The normalized spacial score (nSPS) is 11.1. The van der Waals surface area contributed by atoms with Crippen LogP contribution >= 0.6 is 0 Å². The second-order valence-corrected chi connectivity index (χ2v) is 12.5. The number of para-hydroxylation sites is 1. The van der Waals surface area contributed by atoms with Gasteiger partial charge in [-0.2, -0.15) is 0 Å². The standard InChI is InChI=1S/C36H58N4O5/c1-31(41)23-15-9-8-14-22-30-37-35(43)28-18-12-5-3-2-4-10-16-24-32(42)25-17-11-6-7-13-19-29-36(44)45-40-34-27-21-20-26-33(34)38-39-40/h20-21,26-27H,2-19,22-25,28-30H2,1H3,(H,37,43). The van der Waals surface area contributed by atoms with Gasteiger partial charge in [-0.25, -0.2) is 4.79 Å². The number of rotatable bonds is 29. The van der Waals surface area contributed by atoms with E-state index in [0.717, 1.165) is 103 Å². The number of hydrogen-bond acceptors (Lipinski definition) is 7. The Balaban J connectivity index is 1.27. The van der Waals surface area contributed by atoms with Gasteiger partial charge in [0.15, 0.2) is 0 Å². The van der Waals surface area contributed by atoms with Gasteiger partial charge in [0.1, 0.15) is 22.6 Å². The number of aromatic nitrogens is 3. The van der Waals surface area contributed by atoms with Crippen LogP contribution in [0.1, 0.15) is 161 Å². The van der Waals surface area contributed by atoms with Crippen molar-refractivity contribution in [2.45, 2.75) is 161 Å². The van der Waals surface area contributed by atoms with Gasteiger partial charge in [-0.15, -0.1) is 5.10 Å². The molecular weight excluding hydrogens is 568 g/mol.